The standard InChI is InChI=1S/C15H24N2O7/c1-8(2)24-14-9(3)5-6-23-15(12(21)16-14,17-11(14)20)10(19)13(4,22)7-18/h8,10,18-19,22H,3,5-7H2,1-2,4H3,(H,16,21)(H,17,20)/t10-,13-,14+,15-/m0/s1. The highest BCUT2D eigenvalue weighted by atomic mass is 16.6. The molecule has 3 saturated heterocycles. The predicted molar refractivity (Wildman–Crippen MR) is 81.4 cm³/mol. The molecule has 0 unspecified atom stereocenters. The number of rotatable bonds is 5. The van der Waals surface area contributed by atoms with Gasteiger partial charge in [0.25, 0.3) is 17.5 Å². The van der Waals surface area contributed by atoms with Gasteiger partial charge in [-0.1, -0.05) is 6.58 Å². The lowest BCUT2D eigenvalue weighted by molar-refractivity contribution is -0.235. The number of piperazine rings is 1. The Morgan fingerprint density at radius 2 is 2.00 bits per heavy atom. The van der Waals surface area contributed by atoms with Gasteiger partial charge in [-0.15, -0.1) is 0 Å². The van der Waals surface area contributed by atoms with Gasteiger partial charge in [-0.05, 0) is 32.8 Å². The van der Waals surface area contributed by atoms with Crippen LogP contribution in [0.25, 0.3) is 0 Å². The molecule has 9 heteroatoms. The van der Waals surface area contributed by atoms with E-state index >= 15 is 0 Å². The van der Waals surface area contributed by atoms with Crippen molar-refractivity contribution >= 4 is 11.8 Å². The van der Waals surface area contributed by atoms with Crippen LogP contribution in [-0.2, 0) is 19.1 Å². The SMILES string of the molecule is C=C1CCO[C@]2([C@@H](O)[C@@](C)(O)CO)NC(=O)[C@@]1(OC(C)C)NC2=O. The summed E-state index contributed by atoms with van der Waals surface area (Å²) in [7, 11) is 0. The van der Waals surface area contributed by atoms with Crippen LogP contribution in [0.2, 0.25) is 0 Å². The molecule has 3 heterocycles. The first-order valence-electron chi connectivity index (χ1n) is 7.68. The van der Waals surface area contributed by atoms with Crippen molar-refractivity contribution in [3.05, 3.63) is 12.2 Å². The monoisotopic (exact) mass is 344 g/mol. The number of amides is 2. The number of aliphatic hydroxyl groups is 3. The Morgan fingerprint density at radius 1 is 1.38 bits per heavy atom. The fourth-order valence-electron chi connectivity index (χ4n) is 2.80. The van der Waals surface area contributed by atoms with Gasteiger partial charge in [0, 0.05) is 0 Å². The van der Waals surface area contributed by atoms with Crippen molar-refractivity contribution in [1.82, 2.24) is 10.6 Å². The third-order valence-electron chi connectivity index (χ3n) is 4.18. The summed E-state index contributed by atoms with van der Waals surface area (Å²) in [5.74, 6) is -1.67. The molecule has 3 aliphatic rings. The largest absolute Gasteiger partial charge is 0.393 e. The number of carbonyl (C=O) groups is 2. The molecule has 0 spiro atoms. The highest BCUT2D eigenvalue weighted by Crippen LogP contribution is 2.35. The second-order valence-corrected chi connectivity index (χ2v) is 6.61. The molecule has 0 saturated carbocycles. The molecule has 4 atom stereocenters. The van der Waals surface area contributed by atoms with Gasteiger partial charge in [-0.25, -0.2) is 0 Å². The number of hydrogen-bond acceptors (Lipinski definition) is 7. The normalized spacial score (nSPS) is 34.2. The lowest BCUT2D eigenvalue weighted by Gasteiger charge is -2.51. The Hall–Kier alpha value is -1.52. The maximum Gasteiger partial charge on any atom is 0.280 e. The van der Waals surface area contributed by atoms with Crippen LogP contribution >= 0.6 is 0 Å². The molecule has 136 valence electrons. The van der Waals surface area contributed by atoms with Gasteiger partial charge >= 0.3 is 0 Å². The van der Waals surface area contributed by atoms with Gasteiger partial charge < -0.3 is 35.4 Å². The van der Waals surface area contributed by atoms with Crippen LogP contribution in [0.5, 0.6) is 0 Å². The minimum atomic E-state index is -2.24. The van der Waals surface area contributed by atoms with Crippen LogP contribution in [-0.4, -0.2) is 69.6 Å². The van der Waals surface area contributed by atoms with Crippen LogP contribution in [0.1, 0.15) is 27.2 Å². The Bertz CT molecular complexity index is 562. The number of ether oxygens (including phenoxy) is 2. The fraction of sp³-hybridized carbons (Fsp3) is 0.733. The van der Waals surface area contributed by atoms with Gasteiger partial charge in [0.2, 0.25) is 5.72 Å². The van der Waals surface area contributed by atoms with E-state index in [4.69, 9.17) is 9.47 Å². The summed E-state index contributed by atoms with van der Waals surface area (Å²) < 4.78 is 11.1. The molecule has 5 N–H and O–H groups in total. The van der Waals surface area contributed by atoms with E-state index in [9.17, 15) is 24.9 Å². The molecule has 0 aromatic carbocycles. The molecule has 0 aromatic rings. The minimum Gasteiger partial charge on any atom is -0.393 e. The van der Waals surface area contributed by atoms with Gasteiger partial charge in [0.15, 0.2) is 0 Å². The van der Waals surface area contributed by atoms with Crippen LogP contribution < -0.4 is 10.6 Å². The molecule has 2 amide bonds. The molecule has 0 aliphatic carbocycles. The van der Waals surface area contributed by atoms with Crippen molar-refractivity contribution in [3.8, 4) is 0 Å². The summed E-state index contributed by atoms with van der Waals surface area (Å²) in [6.45, 7) is 7.43. The van der Waals surface area contributed by atoms with Crippen molar-refractivity contribution in [2.24, 2.45) is 0 Å². The van der Waals surface area contributed by atoms with Crippen molar-refractivity contribution in [1.29, 1.82) is 0 Å². The topological polar surface area (TPSA) is 137 Å². The zero-order valence-corrected chi connectivity index (χ0v) is 14.0. The maximum absolute atomic E-state index is 12.7. The predicted octanol–water partition coefficient (Wildman–Crippen LogP) is -1.87. The molecule has 0 aromatic heterocycles. The van der Waals surface area contributed by atoms with Crippen LogP contribution in [0.3, 0.4) is 0 Å². The maximum atomic E-state index is 12.7. The summed E-state index contributed by atoms with van der Waals surface area (Å²) in [5, 5.41) is 34.6. The highest BCUT2D eigenvalue weighted by Gasteiger charge is 2.64. The zero-order valence-electron chi connectivity index (χ0n) is 14.0. The second-order valence-electron chi connectivity index (χ2n) is 6.61. The molecule has 3 fully saturated rings. The van der Waals surface area contributed by atoms with E-state index in [1.54, 1.807) is 13.8 Å². The van der Waals surface area contributed by atoms with Crippen molar-refractivity contribution < 1.29 is 34.4 Å². The Labute approximate surface area is 139 Å². The van der Waals surface area contributed by atoms with E-state index in [1.807, 2.05) is 0 Å². The van der Waals surface area contributed by atoms with E-state index < -0.39 is 47.7 Å². The Balaban J connectivity index is 2.49. The highest BCUT2D eigenvalue weighted by molar-refractivity contribution is 6.03. The van der Waals surface area contributed by atoms with Gasteiger partial charge in [-0.2, -0.15) is 0 Å². The summed E-state index contributed by atoms with van der Waals surface area (Å²) in [4.78, 5) is 25.4. The first-order chi connectivity index (χ1) is 11.0. The van der Waals surface area contributed by atoms with E-state index in [0.29, 0.717) is 5.57 Å². The number of carbonyl (C=O) groups excluding carboxylic acids is 2. The fourth-order valence-corrected chi connectivity index (χ4v) is 2.80. The van der Waals surface area contributed by atoms with Gasteiger partial charge in [0.05, 0.1) is 19.3 Å². The van der Waals surface area contributed by atoms with E-state index in [1.165, 1.54) is 0 Å². The average molecular weight is 344 g/mol. The molecule has 3 aliphatic heterocycles. The molecule has 9 nitrogen and oxygen atoms in total. The summed E-state index contributed by atoms with van der Waals surface area (Å²) in [5.41, 5.74) is -5.80. The molecule has 3 rings (SSSR count). The lowest BCUT2D eigenvalue weighted by atomic mass is 9.85. The van der Waals surface area contributed by atoms with Gasteiger partial charge in [-0.3, -0.25) is 9.59 Å². The quantitative estimate of drug-likeness (QED) is 0.368. The van der Waals surface area contributed by atoms with Gasteiger partial charge in [0.1, 0.15) is 11.7 Å². The summed E-state index contributed by atoms with van der Waals surface area (Å²) >= 11 is 0. The average Bonchev–Trinajstić information content (AvgIpc) is 2.49. The smallest absolute Gasteiger partial charge is 0.280 e. The molecule has 24 heavy (non-hydrogen) atoms. The number of hydrogen-bond donors (Lipinski definition) is 5. The Morgan fingerprint density at radius 3 is 2.54 bits per heavy atom. The third kappa shape index (κ3) is 2.72. The summed E-state index contributed by atoms with van der Waals surface area (Å²) in [6, 6.07) is 0. The first kappa shape index (κ1) is 18.8. The molecular formula is C15H24N2O7. The number of aliphatic hydroxyl groups excluding tert-OH is 2. The van der Waals surface area contributed by atoms with Crippen molar-refractivity contribution in [3.63, 3.8) is 0 Å². The molecule has 2 bridgehead atoms. The second kappa shape index (κ2) is 6.08. The molecule has 0 radical (unpaired) electrons. The lowest BCUT2D eigenvalue weighted by Crippen LogP contribution is -2.83. The van der Waals surface area contributed by atoms with E-state index in [2.05, 4.69) is 17.2 Å². The van der Waals surface area contributed by atoms with Crippen molar-refractivity contribution in [2.75, 3.05) is 13.2 Å². The van der Waals surface area contributed by atoms with Crippen molar-refractivity contribution in [2.45, 2.75) is 56.5 Å². The first-order valence-corrected chi connectivity index (χ1v) is 7.68. The number of nitrogens with one attached hydrogen (secondary N) is 2. The van der Waals surface area contributed by atoms with Crippen LogP contribution in [0, 0.1) is 0 Å². The van der Waals surface area contributed by atoms with E-state index in [0.717, 1.165) is 6.92 Å². The van der Waals surface area contributed by atoms with E-state index in [-0.39, 0.29) is 13.0 Å². The zero-order chi connectivity index (χ0) is 18.3. The number of fused-ring (bicyclic) bond motifs is 5. The van der Waals surface area contributed by atoms with Crippen LogP contribution in [0.15, 0.2) is 12.2 Å². The molecular weight excluding hydrogens is 320 g/mol. The summed E-state index contributed by atoms with van der Waals surface area (Å²) in [6.07, 6.45) is -2.12. The minimum absolute atomic E-state index is 0.0473. The Kier molecular flexibility index (Phi) is 4.77. The van der Waals surface area contributed by atoms with Crippen LogP contribution in [0.4, 0.5) is 0 Å². The third-order valence-corrected chi connectivity index (χ3v) is 4.18.